The van der Waals surface area contributed by atoms with E-state index < -0.39 is 63.5 Å². The number of fused-ring (bicyclic) bond motifs is 8. The van der Waals surface area contributed by atoms with Gasteiger partial charge in [0, 0.05) is 25.7 Å². The Bertz CT molecular complexity index is 1590. The molecule has 0 radical (unpaired) electrons. The number of phenolic OH excluding ortho intramolecular Hbond substituents is 2. The monoisotopic (exact) mass is 686 g/mol. The van der Waals surface area contributed by atoms with E-state index >= 15 is 0 Å². The molecule has 12 heteroatoms. The van der Waals surface area contributed by atoms with Crippen molar-refractivity contribution in [3.05, 3.63) is 117 Å². The molecule has 0 spiro atoms. The van der Waals surface area contributed by atoms with Gasteiger partial charge in [-0.1, -0.05) is 72.8 Å². The van der Waals surface area contributed by atoms with Gasteiger partial charge in [0.25, 0.3) is 11.8 Å². The standard InChI is InChI=1S/C38H42N2O10/c41-17-31(18-42)39-33(45)21-49-37-27-9-3-11-29(37)15-25-7-2-8-26(36(25)48)16-30-12-4-10-28(14-24-6-1-5-23(13-27)35(24)47)38(30)50-22-34(46)40-32(19-43)20-44/h1-12,31-32,41-44,47-48H,13-22H2,(H,39,45)(H,40,46). The summed E-state index contributed by atoms with van der Waals surface area (Å²) in [6.45, 7) is -2.52. The van der Waals surface area contributed by atoms with Crippen LogP contribution in [0.25, 0.3) is 0 Å². The van der Waals surface area contributed by atoms with Gasteiger partial charge >= 0.3 is 0 Å². The lowest BCUT2D eigenvalue weighted by molar-refractivity contribution is -0.125. The topological polar surface area (TPSA) is 198 Å². The number of ether oxygens (including phenoxy) is 2. The molecule has 2 amide bonds. The lowest BCUT2D eigenvalue weighted by atomic mass is 9.91. The van der Waals surface area contributed by atoms with Crippen LogP contribution in [0, 0.1) is 0 Å². The van der Waals surface area contributed by atoms with Crippen molar-refractivity contribution in [3.8, 4) is 23.0 Å². The second-order valence-electron chi connectivity index (χ2n) is 12.2. The van der Waals surface area contributed by atoms with Gasteiger partial charge in [-0.15, -0.1) is 0 Å². The first-order valence-corrected chi connectivity index (χ1v) is 16.3. The Kier molecular flexibility index (Phi) is 12.3. The normalized spacial score (nSPS) is 12.4. The molecule has 4 aromatic carbocycles. The van der Waals surface area contributed by atoms with Crippen LogP contribution in [0.2, 0.25) is 0 Å². The number of hydrogen-bond donors (Lipinski definition) is 8. The second kappa shape index (κ2) is 17.0. The largest absolute Gasteiger partial charge is 0.507 e. The first kappa shape index (κ1) is 36.1. The average Bonchev–Trinajstić information content (AvgIpc) is 3.11. The first-order chi connectivity index (χ1) is 24.2. The summed E-state index contributed by atoms with van der Waals surface area (Å²) in [5.41, 5.74) is 5.15. The van der Waals surface area contributed by atoms with Gasteiger partial charge in [-0.25, -0.2) is 0 Å². The molecule has 0 saturated carbocycles. The Balaban J connectivity index is 1.56. The van der Waals surface area contributed by atoms with Crippen molar-refractivity contribution < 1.29 is 49.7 Å². The van der Waals surface area contributed by atoms with Crippen molar-refractivity contribution in [1.82, 2.24) is 10.6 Å². The fourth-order valence-corrected chi connectivity index (χ4v) is 6.00. The molecule has 12 nitrogen and oxygen atoms in total. The summed E-state index contributed by atoms with van der Waals surface area (Å²) in [6.07, 6.45) is 0.972. The lowest BCUT2D eigenvalue weighted by Gasteiger charge is -2.21. The molecule has 8 N–H and O–H groups in total. The van der Waals surface area contributed by atoms with Crippen molar-refractivity contribution in [2.45, 2.75) is 37.8 Å². The van der Waals surface area contributed by atoms with Crippen LogP contribution < -0.4 is 20.1 Å². The van der Waals surface area contributed by atoms with Gasteiger partial charge in [0.1, 0.15) is 23.0 Å². The number of rotatable bonds is 12. The number of carbonyl (C=O) groups excluding carboxylic acids is 2. The number of aromatic hydroxyl groups is 2. The summed E-state index contributed by atoms with van der Waals surface area (Å²) in [6, 6.07) is 20.3. The maximum Gasteiger partial charge on any atom is 0.258 e. The molecule has 0 aliphatic heterocycles. The van der Waals surface area contributed by atoms with Gasteiger partial charge in [0.2, 0.25) is 0 Å². The van der Waals surface area contributed by atoms with Crippen LogP contribution in [0.3, 0.4) is 0 Å². The fraction of sp³-hybridized carbons (Fsp3) is 0.316. The molecular weight excluding hydrogens is 644 g/mol. The summed E-state index contributed by atoms with van der Waals surface area (Å²) in [5, 5.41) is 65.7. The third-order valence-electron chi connectivity index (χ3n) is 8.59. The first-order valence-electron chi connectivity index (χ1n) is 16.3. The lowest BCUT2D eigenvalue weighted by Crippen LogP contribution is -2.42. The van der Waals surface area contributed by atoms with Gasteiger partial charge in [-0.2, -0.15) is 0 Å². The molecule has 264 valence electrons. The molecule has 0 fully saturated rings. The zero-order valence-electron chi connectivity index (χ0n) is 27.5. The van der Waals surface area contributed by atoms with Gasteiger partial charge < -0.3 is 50.7 Å². The van der Waals surface area contributed by atoms with E-state index in [9.17, 15) is 40.2 Å². The number of para-hydroxylation sites is 4. The smallest absolute Gasteiger partial charge is 0.258 e. The van der Waals surface area contributed by atoms with Crippen LogP contribution >= 0.6 is 0 Å². The van der Waals surface area contributed by atoms with Crippen molar-refractivity contribution in [3.63, 3.8) is 0 Å². The number of hydrogen-bond acceptors (Lipinski definition) is 10. The van der Waals surface area contributed by atoms with Crippen LogP contribution in [0.1, 0.15) is 44.5 Å². The zero-order valence-corrected chi connectivity index (χ0v) is 27.5. The van der Waals surface area contributed by atoms with Crippen LogP contribution in [-0.4, -0.2) is 94.2 Å². The van der Waals surface area contributed by atoms with E-state index in [0.717, 1.165) is 0 Å². The molecule has 5 rings (SSSR count). The number of phenols is 2. The average molecular weight is 687 g/mol. The Hall–Kier alpha value is -5.14. The molecule has 0 atom stereocenters. The highest BCUT2D eigenvalue weighted by molar-refractivity contribution is 5.78. The SMILES string of the molecule is O=C(COc1c2cccc1Cc1cccc(c1O)Cc1cccc(c1OCC(=O)NC(CO)CO)Cc1cccc(c1O)C2)NC(CO)CO. The minimum atomic E-state index is -0.828. The minimum Gasteiger partial charge on any atom is -0.507 e. The van der Waals surface area contributed by atoms with Crippen molar-refractivity contribution in [2.75, 3.05) is 39.6 Å². The molecule has 4 aromatic rings. The van der Waals surface area contributed by atoms with Crippen LogP contribution in [0.4, 0.5) is 0 Å². The predicted molar refractivity (Wildman–Crippen MR) is 184 cm³/mol. The van der Waals surface area contributed by atoms with Crippen LogP contribution in [0.5, 0.6) is 23.0 Å². The van der Waals surface area contributed by atoms with Crippen molar-refractivity contribution >= 4 is 11.8 Å². The quantitative estimate of drug-likeness (QED) is 0.0952. The summed E-state index contributed by atoms with van der Waals surface area (Å²) in [7, 11) is 0. The highest BCUT2D eigenvalue weighted by Crippen LogP contribution is 2.38. The highest BCUT2D eigenvalue weighted by Gasteiger charge is 2.22. The van der Waals surface area contributed by atoms with Crippen LogP contribution in [0.15, 0.2) is 72.8 Å². The molecule has 1 aliphatic carbocycles. The fourth-order valence-electron chi connectivity index (χ4n) is 6.00. The molecule has 0 saturated heterocycles. The van der Waals surface area contributed by atoms with Gasteiger partial charge in [0.15, 0.2) is 13.2 Å². The molecule has 0 heterocycles. The summed E-state index contributed by atoms with van der Waals surface area (Å²) in [5.74, 6) is -0.112. The zero-order chi connectivity index (χ0) is 35.6. The second-order valence-corrected chi connectivity index (χ2v) is 12.2. The molecule has 50 heavy (non-hydrogen) atoms. The Morgan fingerprint density at radius 3 is 1.02 bits per heavy atom. The number of nitrogens with one attached hydrogen (secondary N) is 2. The molecule has 8 bridgehead atoms. The number of amides is 2. The van der Waals surface area contributed by atoms with E-state index in [1.807, 2.05) is 48.5 Å². The van der Waals surface area contributed by atoms with Crippen molar-refractivity contribution in [2.24, 2.45) is 0 Å². The number of aliphatic hydroxyl groups is 4. The van der Waals surface area contributed by atoms with E-state index in [1.54, 1.807) is 24.3 Å². The highest BCUT2D eigenvalue weighted by atomic mass is 16.5. The van der Waals surface area contributed by atoms with E-state index in [0.29, 0.717) is 56.0 Å². The van der Waals surface area contributed by atoms with Gasteiger partial charge in [-0.05, 0) is 44.5 Å². The number of carbonyl (C=O) groups is 2. The van der Waals surface area contributed by atoms with Gasteiger partial charge in [0.05, 0.1) is 38.5 Å². The maximum atomic E-state index is 12.7. The van der Waals surface area contributed by atoms with E-state index in [1.165, 1.54) is 0 Å². The minimum absolute atomic E-state index is 0.0631. The number of aliphatic hydroxyl groups excluding tert-OH is 4. The summed E-state index contributed by atoms with van der Waals surface area (Å²) < 4.78 is 12.2. The third-order valence-corrected chi connectivity index (χ3v) is 8.59. The molecular formula is C38H42N2O10. The van der Waals surface area contributed by atoms with Gasteiger partial charge in [-0.3, -0.25) is 9.59 Å². The summed E-state index contributed by atoms with van der Waals surface area (Å²) >= 11 is 0. The maximum absolute atomic E-state index is 12.7. The molecule has 0 aromatic heterocycles. The predicted octanol–water partition coefficient (Wildman–Crippen LogP) is 1.47. The Morgan fingerprint density at radius 2 is 0.760 bits per heavy atom. The number of benzene rings is 4. The Labute approximate surface area is 289 Å². The van der Waals surface area contributed by atoms with E-state index in [4.69, 9.17) is 9.47 Å². The van der Waals surface area contributed by atoms with E-state index in [-0.39, 0.29) is 37.2 Å². The molecule has 1 aliphatic rings. The van der Waals surface area contributed by atoms with Crippen LogP contribution in [-0.2, 0) is 35.3 Å². The van der Waals surface area contributed by atoms with Crippen molar-refractivity contribution in [1.29, 1.82) is 0 Å². The Morgan fingerprint density at radius 1 is 0.500 bits per heavy atom. The summed E-state index contributed by atoms with van der Waals surface area (Å²) in [4.78, 5) is 25.3. The van der Waals surface area contributed by atoms with E-state index in [2.05, 4.69) is 10.6 Å². The molecule has 0 unspecified atom stereocenters. The third kappa shape index (κ3) is 8.71.